The number of fused-ring (bicyclic) bond motifs is 3. The molecule has 0 fully saturated rings. The highest BCUT2D eigenvalue weighted by atomic mass is 14.3. The van der Waals surface area contributed by atoms with E-state index in [1.54, 1.807) is 0 Å². The monoisotopic (exact) mass is 216 g/mol. The molecule has 0 amide bonds. The predicted octanol–water partition coefficient (Wildman–Crippen LogP) is 4.52. The highest BCUT2D eigenvalue weighted by Gasteiger charge is 2.24. The Hall–Kier alpha value is -2.08. The van der Waals surface area contributed by atoms with E-state index in [4.69, 9.17) is 0 Å². The van der Waals surface area contributed by atoms with Gasteiger partial charge in [-0.3, -0.25) is 0 Å². The van der Waals surface area contributed by atoms with Gasteiger partial charge in [0.05, 0.1) is 0 Å². The lowest BCUT2D eigenvalue weighted by Crippen LogP contribution is -1.84. The summed E-state index contributed by atoms with van der Waals surface area (Å²) >= 11 is 0. The standard InChI is InChI=1S/C17H12/c1-2-10-15-13-8-3-4-9-14(13)16-11-5-7-12(6-1)17(15)16/h1,3-11H,2H2. The van der Waals surface area contributed by atoms with E-state index in [0.29, 0.717) is 0 Å². The third-order valence-corrected chi connectivity index (χ3v) is 3.63. The van der Waals surface area contributed by atoms with Crippen LogP contribution in [0.3, 0.4) is 0 Å². The van der Waals surface area contributed by atoms with E-state index in [0.717, 1.165) is 6.42 Å². The van der Waals surface area contributed by atoms with Gasteiger partial charge in [0, 0.05) is 0 Å². The highest BCUT2D eigenvalue weighted by Crippen LogP contribution is 2.46. The van der Waals surface area contributed by atoms with Crippen LogP contribution in [0.25, 0.3) is 22.8 Å². The first-order valence-electron chi connectivity index (χ1n) is 6.05. The molecule has 0 N–H and O–H groups in total. The number of hydrogen-bond acceptors (Lipinski definition) is 0. The second-order valence-electron chi connectivity index (χ2n) is 4.57. The van der Waals surface area contributed by atoms with Crippen LogP contribution in [0.2, 0.25) is 0 Å². The molecule has 0 unspecified atom stereocenters. The molecule has 0 spiro atoms. The van der Waals surface area contributed by atoms with Crippen molar-refractivity contribution in [1.82, 2.24) is 0 Å². The molecule has 0 radical (unpaired) electrons. The zero-order valence-electron chi connectivity index (χ0n) is 9.48. The van der Waals surface area contributed by atoms with Gasteiger partial charge in [-0.1, -0.05) is 60.7 Å². The second-order valence-corrected chi connectivity index (χ2v) is 4.57. The van der Waals surface area contributed by atoms with Crippen LogP contribution in [0.1, 0.15) is 23.1 Å². The minimum absolute atomic E-state index is 1.03. The summed E-state index contributed by atoms with van der Waals surface area (Å²) in [6, 6.07) is 15.3. The van der Waals surface area contributed by atoms with Gasteiger partial charge in [0.15, 0.2) is 0 Å². The van der Waals surface area contributed by atoms with Crippen LogP contribution in [0.5, 0.6) is 0 Å². The molecule has 0 bridgehead atoms. The Kier molecular flexibility index (Phi) is 1.70. The van der Waals surface area contributed by atoms with Crippen LogP contribution >= 0.6 is 0 Å². The molecule has 0 saturated carbocycles. The summed E-state index contributed by atoms with van der Waals surface area (Å²) in [5, 5.41) is 0. The highest BCUT2D eigenvalue weighted by molar-refractivity contribution is 6.04. The van der Waals surface area contributed by atoms with Gasteiger partial charge in [-0.25, -0.2) is 0 Å². The van der Waals surface area contributed by atoms with Gasteiger partial charge in [-0.2, -0.15) is 0 Å². The normalized spacial score (nSPS) is 14.9. The molecule has 0 saturated heterocycles. The molecular formula is C17H12. The average molecular weight is 216 g/mol. The van der Waals surface area contributed by atoms with E-state index in [1.807, 2.05) is 0 Å². The molecule has 2 aromatic rings. The van der Waals surface area contributed by atoms with Crippen molar-refractivity contribution in [3.63, 3.8) is 0 Å². The van der Waals surface area contributed by atoms with Gasteiger partial charge >= 0.3 is 0 Å². The average Bonchev–Trinajstić information content (AvgIpc) is 2.56. The Balaban J connectivity index is 2.18. The van der Waals surface area contributed by atoms with Gasteiger partial charge in [0.1, 0.15) is 0 Å². The lowest BCUT2D eigenvalue weighted by Gasteiger charge is -2.04. The van der Waals surface area contributed by atoms with E-state index in [-0.39, 0.29) is 0 Å². The minimum Gasteiger partial charge on any atom is -0.0801 e. The minimum atomic E-state index is 1.03. The fourth-order valence-corrected chi connectivity index (χ4v) is 2.91. The smallest absolute Gasteiger partial charge is 0.00296 e. The summed E-state index contributed by atoms with van der Waals surface area (Å²) in [4.78, 5) is 0. The van der Waals surface area contributed by atoms with Gasteiger partial charge in [0.2, 0.25) is 0 Å². The maximum atomic E-state index is 2.34. The zero-order chi connectivity index (χ0) is 11.2. The van der Waals surface area contributed by atoms with Crippen LogP contribution < -0.4 is 0 Å². The quantitative estimate of drug-likeness (QED) is 0.518. The summed E-state index contributed by atoms with van der Waals surface area (Å²) < 4.78 is 0. The summed E-state index contributed by atoms with van der Waals surface area (Å²) in [6.45, 7) is 0. The predicted molar refractivity (Wildman–Crippen MR) is 72.6 cm³/mol. The Morgan fingerprint density at radius 3 is 2.53 bits per heavy atom. The lowest BCUT2D eigenvalue weighted by molar-refractivity contribution is 1.42. The lowest BCUT2D eigenvalue weighted by atomic mass is 9.99. The number of hydrogen-bond donors (Lipinski definition) is 0. The molecule has 0 aliphatic heterocycles. The number of allylic oxidation sites excluding steroid dienone is 2. The van der Waals surface area contributed by atoms with Crippen molar-refractivity contribution in [2.45, 2.75) is 6.42 Å². The fourth-order valence-electron chi connectivity index (χ4n) is 2.91. The molecule has 0 aromatic heterocycles. The molecule has 2 aliphatic rings. The van der Waals surface area contributed by atoms with Crippen molar-refractivity contribution in [1.29, 1.82) is 0 Å². The van der Waals surface area contributed by atoms with E-state index < -0.39 is 0 Å². The number of benzene rings is 2. The maximum absolute atomic E-state index is 2.34. The molecule has 17 heavy (non-hydrogen) atoms. The zero-order valence-corrected chi connectivity index (χ0v) is 9.48. The van der Waals surface area contributed by atoms with Gasteiger partial charge in [-0.15, -0.1) is 0 Å². The molecule has 2 aromatic carbocycles. The Morgan fingerprint density at radius 2 is 1.59 bits per heavy atom. The van der Waals surface area contributed by atoms with Gasteiger partial charge in [-0.05, 0) is 39.8 Å². The molecule has 4 rings (SSSR count). The van der Waals surface area contributed by atoms with E-state index in [1.165, 1.54) is 33.4 Å². The molecule has 0 heterocycles. The Bertz CT molecular complexity index is 672. The van der Waals surface area contributed by atoms with Crippen molar-refractivity contribution < 1.29 is 0 Å². The molecular weight excluding hydrogens is 204 g/mol. The van der Waals surface area contributed by atoms with Crippen LogP contribution in [0, 0.1) is 0 Å². The summed E-state index contributed by atoms with van der Waals surface area (Å²) in [6.07, 6.45) is 7.85. The van der Waals surface area contributed by atoms with Crippen LogP contribution in [0.4, 0.5) is 0 Å². The third kappa shape index (κ3) is 1.13. The summed E-state index contributed by atoms with van der Waals surface area (Å²) in [5.41, 5.74) is 8.33. The van der Waals surface area contributed by atoms with Crippen molar-refractivity contribution in [2.75, 3.05) is 0 Å². The Morgan fingerprint density at radius 1 is 0.765 bits per heavy atom. The Labute approximate surface area is 101 Å². The van der Waals surface area contributed by atoms with Crippen molar-refractivity contribution in [3.8, 4) is 11.1 Å². The summed E-state index contributed by atoms with van der Waals surface area (Å²) in [5.74, 6) is 0. The molecule has 0 heteroatoms. The topological polar surface area (TPSA) is 0 Å². The molecule has 0 nitrogen and oxygen atoms in total. The van der Waals surface area contributed by atoms with Crippen molar-refractivity contribution in [3.05, 3.63) is 71.3 Å². The molecule has 2 aliphatic carbocycles. The maximum Gasteiger partial charge on any atom is -0.00296 e. The van der Waals surface area contributed by atoms with Crippen molar-refractivity contribution >= 4 is 11.6 Å². The first-order valence-corrected chi connectivity index (χ1v) is 6.05. The third-order valence-electron chi connectivity index (χ3n) is 3.63. The SMILES string of the molecule is C1=Cc2cccc3c2C(=CC1)c1ccccc1-3. The summed E-state index contributed by atoms with van der Waals surface area (Å²) in [7, 11) is 0. The molecule has 80 valence electrons. The van der Waals surface area contributed by atoms with E-state index in [9.17, 15) is 0 Å². The van der Waals surface area contributed by atoms with Crippen LogP contribution in [-0.2, 0) is 0 Å². The van der Waals surface area contributed by atoms with E-state index >= 15 is 0 Å². The van der Waals surface area contributed by atoms with Gasteiger partial charge in [0.25, 0.3) is 0 Å². The van der Waals surface area contributed by atoms with Crippen LogP contribution in [0.15, 0.2) is 54.6 Å². The molecule has 0 atom stereocenters. The fraction of sp³-hybridized carbons (Fsp3) is 0.0588. The largest absolute Gasteiger partial charge is 0.0801 e. The second kappa shape index (κ2) is 3.21. The number of rotatable bonds is 0. The van der Waals surface area contributed by atoms with E-state index in [2.05, 4.69) is 60.7 Å². The van der Waals surface area contributed by atoms with Gasteiger partial charge < -0.3 is 0 Å². The van der Waals surface area contributed by atoms with Crippen LogP contribution in [-0.4, -0.2) is 0 Å². The van der Waals surface area contributed by atoms with Crippen molar-refractivity contribution in [2.24, 2.45) is 0 Å². The first kappa shape index (κ1) is 9.00. The first-order chi connectivity index (χ1) is 8.45.